The molecule has 6 heteroatoms. The van der Waals surface area contributed by atoms with E-state index in [2.05, 4.69) is 26.7 Å². The number of aromatic nitrogens is 2. The minimum absolute atomic E-state index is 0.120. The summed E-state index contributed by atoms with van der Waals surface area (Å²) in [6.07, 6.45) is 1.68. The molecule has 0 fully saturated rings. The van der Waals surface area contributed by atoms with Crippen LogP contribution < -0.4 is 15.4 Å². The van der Waals surface area contributed by atoms with Gasteiger partial charge in [-0.25, -0.2) is 9.97 Å². The van der Waals surface area contributed by atoms with Crippen molar-refractivity contribution in [3.8, 4) is 5.75 Å². The van der Waals surface area contributed by atoms with Crippen LogP contribution in [0.3, 0.4) is 0 Å². The molecule has 0 spiro atoms. The summed E-state index contributed by atoms with van der Waals surface area (Å²) >= 11 is 0. The van der Waals surface area contributed by atoms with E-state index in [1.54, 1.807) is 12.3 Å². The Bertz CT molecular complexity index is 948. The number of amides is 1. The molecule has 0 unspecified atom stereocenters. The van der Waals surface area contributed by atoms with Crippen molar-refractivity contribution in [2.24, 2.45) is 0 Å². The van der Waals surface area contributed by atoms with E-state index in [0.29, 0.717) is 5.95 Å². The first-order valence-corrected chi connectivity index (χ1v) is 9.15. The maximum atomic E-state index is 12.5. The number of aryl methyl sites for hydroxylation is 2. The van der Waals surface area contributed by atoms with Crippen LogP contribution in [0.25, 0.3) is 0 Å². The second kappa shape index (κ2) is 8.52. The number of nitrogens with zero attached hydrogens (tertiary/aromatic N) is 2. The van der Waals surface area contributed by atoms with E-state index in [0.717, 1.165) is 28.3 Å². The van der Waals surface area contributed by atoms with Gasteiger partial charge in [0.05, 0.1) is 6.10 Å². The molecule has 0 saturated heterocycles. The van der Waals surface area contributed by atoms with Crippen LogP contribution in [0.1, 0.15) is 35.5 Å². The highest BCUT2D eigenvalue weighted by atomic mass is 16.5. The summed E-state index contributed by atoms with van der Waals surface area (Å²) in [6, 6.07) is 15.0. The molecule has 1 heterocycles. The molecule has 0 atom stereocenters. The standard InChI is InChI=1S/C22H24N4O2/c1-14(2)28-19-7-5-17(6-8-19)25-22-23-10-9-20(26-22)21(27)24-18-12-15(3)11-16(4)13-18/h5-14H,1-4H3,(H,24,27)(H,23,25,26). The van der Waals surface area contributed by atoms with E-state index in [4.69, 9.17) is 4.74 Å². The van der Waals surface area contributed by atoms with Crippen LogP contribution in [0.2, 0.25) is 0 Å². The number of ether oxygens (including phenoxy) is 1. The van der Waals surface area contributed by atoms with E-state index in [1.807, 2.05) is 64.1 Å². The Kier molecular flexibility index (Phi) is 5.89. The first-order chi connectivity index (χ1) is 13.4. The van der Waals surface area contributed by atoms with E-state index >= 15 is 0 Å². The Morgan fingerprint density at radius 1 is 0.964 bits per heavy atom. The van der Waals surface area contributed by atoms with Gasteiger partial charge in [0.25, 0.3) is 5.91 Å². The van der Waals surface area contributed by atoms with Crippen molar-refractivity contribution in [1.82, 2.24) is 9.97 Å². The van der Waals surface area contributed by atoms with Crippen molar-refractivity contribution in [3.05, 3.63) is 71.5 Å². The van der Waals surface area contributed by atoms with Crippen molar-refractivity contribution in [2.75, 3.05) is 10.6 Å². The Morgan fingerprint density at radius 2 is 1.64 bits per heavy atom. The zero-order valence-corrected chi connectivity index (χ0v) is 16.5. The fraction of sp³-hybridized carbons (Fsp3) is 0.227. The lowest BCUT2D eigenvalue weighted by Gasteiger charge is -2.11. The predicted molar refractivity (Wildman–Crippen MR) is 111 cm³/mol. The minimum atomic E-state index is -0.281. The molecule has 2 N–H and O–H groups in total. The number of carbonyl (C=O) groups excluding carboxylic acids is 1. The number of nitrogens with one attached hydrogen (secondary N) is 2. The van der Waals surface area contributed by atoms with Crippen molar-refractivity contribution in [3.63, 3.8) is 0 Å². The average Bonchev–Trinajstić information content (AvgIpc) is 2.62. The highest BCUT2D eigenvalue weighted by molar-refractivity contribution is 6.03. The zero-order chi connectivity index (χ0) is 20.1. The Labute approximate surface area is 165 Å². The van der Waals surface area contributed by atoms with E-state index in [1.165, 1.54) is 0 Å². The molecule has 1 amide bonds. The van der Waals surface area contributed by atoms with Gasteiger partial charge < -0.3 is 15.4 Å². The minimum Gasteiger partial charge on any atom is -0.491 e. The molecule has 2 aromatic carbocycles. The molecule has 28 heavy (non-hydrogen) atoms. The first-order valence-electron chi connectivity index (χ1n) is 9.15. The van der Waals surface area contributed by atoms with Crippen LogP contribution in [-0.2, 0) is 0 Å². The molecule has 0 aliphatic carbocycles. The zero-order valence-electron chi connectivity index (χ0n) is 16.5. The molecule has 144 valence electrons. The third kappa shape index (κ3) is 5.30. The third-order valence-corrected chi connectivity index (χ3v) is 3.85. The summed E-state index contributed by atoms with van der Waals surface area (Å²) in [5.41, 5.74) is 4.02. The van der Waals surface area contributed by atoms with Crippen LogP contribution in [-0.4, -0.2) is 22.0 Å². The van der Waals surface area contributed by atoms with Crippen molar-refractivity contribution >= 4 is 23.2 Å². The van der Waals surface area contributed by atoms with Gasteiger partial charge in [-0.2, -0.15) is 0 Å². The second-order valence-corrected chi connectivity index (χ2v) is 6.91. The van der Waals surface area contributed by atoms with Crippen molar-refractivity contribution in [2.45, 2.75) is 33.8 Å². The first kappa shape index (κ1) is 19.4. The van der Waals surface area contributed by atoms with Crippen LogP contribution in [0, 0.1) is 13.8 Å². The Morgan fingerprint density at radius 3 is 2.29 bits per heavy atom. The molecule has 0 saturated carbocycles. The molecule has 0 aliphatic rings. The summed E-state index contributed by atoms with van der Waals surface area (Å²) in [7, 11) is 0. The van der Waals surface area contributed by atoms with Crippen molar-refractivity contribution < 1.29 is 9.53 Å². The van der Waals surface area contributed by atoms with Gasteiger partial charge >= 0.3 is 0 Å². The predicted octanol–water partition coefficient (Wildman–Crippen LogP) is 4.88. The fourth-order valence-corrected chi connectivity index (χ4v) is 2.81. The maximum Gasteiger partial charge on any atom is 0.274 e. The summed E-state index contributed by atoms with van der Waals surface area (Å²) in [5, 5.41) is 5.99. The normalized spacial score (nSPS) is 10.6. The molecule has 6 nitrogen and oxygen atoms in total. The maximum absolute atomic E-state index is 12.5. The lowest BCUT2D eigenvalue weighted by atomic mass is 10.1. The Hall–Kier alpha value is -3.41. The number of hydrogen-bond acceptors (Lipinski definition) is 5. The molecule has 0 bridgehead atoms. The SMILES string of the molecule is Cc1cc(C)cc(NC(=O)c2ccnc(Nc3ccc(OC(C)C)cc3)n2)c1. The van der Waals surface area contributed by atoms with Crippen LogP contribution in [0.15, 0.2) is 54.7 Å². The third-order valence-electron chi connectivity index (χ3n) is 3.85. The van der Waals surface area contributed by atoms with Gasteiger partial charge in [0, 0.05) is 17.6 Å². The van der Waals surface area contributed by atoms with Crippen LogP contribution in [0.4, 0.5) is 17.3 Å². The quantitative estimate of drug-likeness (QED) is 0.641. The van der Waals surface area contributed by atoms with Gasteiger partial charge in [-0.3, -0.25) is 4.79 Å². The summed E-state index contributed by atoms with van der Waals surface area (Å²) in [5.74, 6) is 0.866. The molecular weight excluding hydrogens is 352 g/mol. The number of rotatable bonds is 6. The highest BCUT2D eigenvalue weighted by Crippen LogP contribution is 2.19. The lowest BCUT2D eigenvalue weighted by Crippen LogP contribution is -2.15. The topological polar surface area (TPSA) is 76.1 Å². The van der Waals surface area contributed by atoms with Crippen molar-refractivity contribution in [1.29, 1.82) is 0 Å². The van der Waals surface area contributed by atoms with E-state index < -0.39 is 0 Å². The number of benzene rings is 2. The summed E-state index contributed by atoms with van der Waals surface area (Å²) in [6.45, 7) is 7.95. The molecule has 0 aliphatic heterocycles. The second-order valence-electron chi connectivity index (χ2n) is 6.91. The van der Waals surface area contributed by atoms with Gasteiger partial charge in [-0.15, -0.1) is 0 Å². The smallest absolute Gasteiger partial charge is 0.274 e. The number of carbonyl (C=O) groups is 1. The molecule has 3 aromatic rings. The molecule has 1 aromatic heterocycles. The van der Waals surface area contributed by atoms with Gasteiger partial charge in [-0.1, -0.05) is 6.07 Å². The largest absolute Gasteiger partial charge is 0.491 e. The Balaban J connectivity index is 1.70. The van der Waals surface area contributed by atoms with Gasteiger partial charge in [-0.05, 0) is 81.3 Å². The number of anilines is 3. The van der Waals surface area contributed by atoms with Gasteiger partial charge in [0.2, 0.25) is 5.95 Å². The fourth-order valence-electron chi connectivity index (χ4n) is 2.81. The highest BCUT2D eigenvalue weighted by Gasteiger charge is 2.10. The molecule has 0 radical (unpaired) electrons. The van der Waals surface area contributed by atoms with Crippen LogP contribution >= 0.6 is 0 Å². The summed E-state index contributed by atoms with van der Waals surface area (Å²) < 4.78 is 5.63. The number of hydrogen-bond donors (Lipinski definition) is 2. The van der Waals surface area contributed by atoms with Gasteiger partial charge in [0.1, 0.15) is 11.4 Å². The monoisotopic (exact) mass is 376 g/mol. The van der Waals surface area contributed by atoms with Crippen LogP contribution in [0.5, 0.6) is 5.75 Å². The van der Waals surface area contributed by atoms with E-state index in [9.17, 15) is 4.79 Å². The molecule has 3 rings (SSSR count). The lowest BCUT2D eigenvalue weighted by molar-refractivity contribution is 0.102. The van der Waals surface area contributed by atoms with E-state index in [-0.39, 0.29) is 17.7 Å². The summed E-state index contributed by atoms with van der Waals surface area (Å²) in [4.78, 5) is 21.0. The van der Waals surface area contributed by atoms with Gasteiger partial charge in [0.15, 0.2) is 0 Å². The average molecular weight is 376 g/mol. The molecular formula is C22H24N4O2.